The van der Waals surface area contributed by atoms with Gasteiger partial charge in [-0.05, 0) is 30.6 Å². The minimum absolute atomic E-state index is 0.386. The molecule has 88 valence electrons. The van der Waals surface area contributed by atoms with E-state index in [0.717, 1.165) is 24.7 Å². The predicted octanol–water partition coefficient (Wildman–Crippen LogP) is 3.70. The third-order valence-electron chi connectivity index (χ3n) is 4.00. The van der Waals surface area contributed by atoms with Crippen molar-refractivity contribution in [1.82, 2.24) is 0 Å². The minimum Gasteiger partial charge on any atom is -0.481 e. The average molecular weight is 212 g/mol. The van der Waals surface area contributed by atoms with Gasteiger partial charge in [0.2, 0.25) is 0 Å². The van der Waals surface area contributed by atoms with Crippen LogP contribution in [0.3, 0.4) is 0 Å². The lowest BCUT2D eigenvalue weighted by Gasteiger charge is -2.33. The number of carbonyl (C=O) groups is 1. The molecule has 0 aliphatic heterocycles. The molecule has 0 aromatic rings. The molecule has 1 aliphatic carbocycles. The summed E-state index contributed by atoms with van der Waals surface area (Å²) < 4.78 is 0. The van der Waals surface area contributed by atoms with E-state index in [1.807, 2.05) is 0 Å². The Hall–Kier alpha value is -0.530. The second kappa shape index (κ2) is 6.14. The molecule has 15 heavy (non-hydrogen) atoms. The van der Waals surface area contributed by atoms with E-state index in [-0.39, 0.29) is 0 Å². The van der Waals surface area contributed by atoms with Crippen LogP contribution in [0, 0.1) is 17.8 Å². The Bertz CT molecular complexity index is 197. The van der Waals surface area contributed by atoms with Gasteiger partial charge >= 0.3 is 5.97 Å². The van der Waals surface area contributed by atoms with Crippen molar-refractivity contribution >= 4 is 5.97 Å². The van der Waals surface area contributed by atoms with Gasteiger partial charge in [0.15, 0.2) is 0 Å². The first-order chi connectivity index (χ1) is 7.17. The van der Waals surface area contributed by atoms with Crippen LogP contribution in [-0.4, -0.2) is 11.1 Å². The molecule has 2 nitrogen and oxygen atoms in total. The summed E-state index contributed by atoms with van der Waals surface area (Å²) in [7, 11) is 0. The van der Waals surface area contributed by atoms with E-state index < -0.39 is 5.97 Å². The van der Waals surface area contributed by atoms with Gasteiger partial charge in [0.25, 0.3) is 0 Å². The highest BCUT2D eigenvalue weighted by Crippen LogP contribution is 2.37. The fourth-order valence-corrected chi connectivity index (χ4v) is 3.15. The number of hydrogen-bond acceptors (Lipinski definition) is 1. The maximum absolute atomic E-state index is 10.7. The smallest absolute Gasteiger partial charge is 0.303 e. The van der Waals surface area contributed by atoms with E-state index in [4.69, 9.17) is 5.11 Å². The summed E-state index contributed by atoms with van der Waals surface area (Å²) in [5.41, 5.74) is 0. The van der Waals surface area contributed by atoms with Gasteiger partial charge in [0, 0.05) is 6.42 Å². The maximum Gasteiger partial charge on any atom is 0.303 e. The number of carboxylic acid groups (broad SMARTS) is 1. The van der Waals surface area contributed by atoms with Crippen LogP contribution in [0.2, 0.25) is 0 Å². The first-order valence-electron chi connectivity index (χ1n) is 6.39. The second-order valence-electron chi connectivity index (χ2n) is 4.97. The Balaban J connectivity index is 2.44. The Morgan fingerprint density at radius 1 is 1.33 bits per heavy atom. The predicted molar refractivity (Wildman–Crippen MR) is 61.8 cm³/mol. The Labute approximate surface area is 93.1 Å². The van der Waals surface area contributed by atoms with E-state index in [2.05, 4.69) is 13.8 Å². The van der Waals surface area contributed by atoms with Crippen LogP contribution in [0.25, 0.3) is 0 Å². The van der Waals surface area contributed by atoms with Gasteiger partial charge in [-0.3, -0.25) is 4.79 Å². The molecule has 0 aromatic heterocycles. The molecule has 0 amide bonds. The summed E-state index contributed by atoms with van der Waals surface area (Å²) in [6.45, 7) is 4.52. The first-order valence-corrected chi connectivity index (χ1v) is 6.39. The van der Waals surface area contributed by atoms with Crippen molar-refractivity contribution in [2.45, 2.75) is 58.8 Å². The molecule has 0 radical (unpaired) electrons. The molecular formula is C13H24O2. The molecule has 0 spiro atoms. The SMILES string of the molecule is CCC(CC)C1CCCC(CC(=O)O)C1. The summed E-state index contributed by atoms with van der Waals surface area (Å²) in [5.74, 6) is 1.44. The van der Waals surface area contributed by atoms with E-state index in [9.17, 15) is 4.79 Å². The average Bonchev–Trinajstić information content (AvgIpc) is 2.19. The van der Waals surface area contributed by atoms with Crippen molar-refractivity contribution in [1.29, 1.82) is 0 Å². The molecule has 1 N–H and O–H groups in total. The second-order valence-corrected chi connectivity index (χ2v) is 4.97. The standard InChI is InChI=1S/C13H24O2/c1-3-11(4-2)12-7-5-6-10(8-12)9-13(14)15/h10-12H,3-9H2,1-2H3,(H,14,15). The van der Waals surface area contributed by atoms with Crippen LogP contribution >= 0.6 is 0 Å². The number of hydrogen-bond donors (Lipinski definition) is 1. The lowest BCUT2D eigenvalue weighted by Crippen LogP contribution is -2.23. The van der Waals surface area contributed by atoms with Gasteiger partial charge in [-0.1, -0.05) is 39.5 Å². The molecule has 2 unspecified atom stereocenters. The zero-order valence-electron chi connectivity index (χ0n) is 10.0. The topological polar surface area (TPSA) is 37.3 Å². The number of rotatable bonds is 5. The quantitative estimate of drug-likeness (QED) is 0.754. The molecule has 2 atom stereocenters. The number of aliphatic carboxylic acids is 1. The summed E-state index contributed by atoms with van der Waals surface area (Å²) in [6.07, 6.45) is 7.72. The van der Waals surface area contributed by atoms with Crippen molar-refractivity contribution in [3.05, 3.63) is 0 Å². The molecular weight excluding hydrogens is 188 g/mol. The Morgan fingerprint density at radius 3 is 2.53 bits per heavy atom. The maximum atomic E-state index is 10.7. The molecule has 1 aliphatic rings. The fourth-order valence-electron chi connectivity index (χ4n) is 3.15. The van der Waals surface area contributed by atoms with Crippen molar-refractivity contribution in [3.8, 4) is 0 Å². The van der Waals surface area contributed by atoms with Gasteiger partial charge in [0.1, 0.15) is 0 Å². The van der Waals surface area contributed by atoms with Crippen molar-refractivity contribution < 1.29 is 9.90 Å². The third kappa shape index (κ3) is 3.84. The molecule has 1 saturated carbocycles. The summed E-state index contributed by atoms with van der Waals surface area (Å²) in [5, 5.41) is 8.80. The Morgan fingerprint density at radius 2 is 2.00 bits per heavy atom. The van der Waals surface area contributed by atoms with E-state index >= 15 is 0 Å². The molecule has 0 aromatic carbocycles. The Kier molecular flexibility index (Phi) is 5.13. The van der Waals surface area contributed by atoms with Gasteiger partial charge in [-0.25, -0.2) is 0 Å². The van der Waals surface area contributed by atoms with Crippen LogP contribution in [-0.2, 0) is 4.79 Å². The third-order valence-corrected chi connectivity index (χ3v) is 4.00. The highest BCUT2D eigenvalue weighted by atomic mass is 16.4. The van der Waals surface area contributed by atoms with Crippen molar-refractivity contribution in [3.63, 3.8) is 0 Å². The van der Waals surface area contributed by atoms with Gasteiger partial charge in [-0.15, -0.1) is 0 Å². The zero-order chi connectivity index (χ0) is 11.3. The highest BCUT2D eigenvalue weighted by molar-refractivity contribution is 5.67. The molecule has 0 saturated heterocycles. The zero-order valence-corrected chi connectivity index (χ0v) is 10.0. The van der Waals surface area contributed by atoms with Crippen molar-refractivity contribution in [2.75, 3.05) is 0 Å². The summed E-state index contributed by atoms with van der Waals surface area (Å²) in [4.78, 5) is 10.7. The normalized spacial score (nSPS) is 26.9. The summed E-state index contributed by atoms with van der Waals surface area (Å²) in [6, 6.07) is 0. The van der Waals surface area contributed by atoms with Crippen molar-refractivity contribution in [2.24, 2.45) is 17.8 Å². The van der Waals surface area contributed by atoms with E-state index in [1.165, 1.54) is 25.7 Å². The molecule has 0 bridgehead atoms. The van der Waals surface area contributed by atoms with E-state index in [0.29, 0.717) is 12.3 Å². The van der Waals surface area contributed by atoms with Gasteiger partial charge < -0.3 is 5.11 Å². The van der Waals surface area contributed by atoms with Gasteiger partial charge in [0.05, 0.1) is 0 Å². The van der Waals surface area contributed by atoms with Gasteiger partial charge in [-0.2, -0.15) is 0 Å². The first kappa shape index (κ1) is 12.5. The monoisotopic (exact) mass is 212 g/mol. The largest absolute Gasteiger partial charge is 0.481 e. The molecule has 2 heteroatoms. The summed E-state index contributed by atoms with van der Waals surface area (Å²) >= 11 is 0. The van der Waals surface area contributed by atoms with Crippen LogP contribution in [0.15, 0.2) is 0 Å². The lowest BCUT2D eigenvalue weighted by molar-refractivity contribution is -0.138. The van der Waals surface area contributed by atoms with Crippen LogP contribution in [0.4, 0.5) is 0 Å². The number of carboxylic acids is 1. The lowest BCUT2D eigenvalue weighted by atomic mass is 9.72. The highest BCUT2D eigenvalue weighted by Gasteiger charge is 2.27. The molecule has 1 rings (SSSR count). The van der Waals surface area contributed by atoms with Crippen LogP contribution in [0.5, 0.6) is 0 Å². The van der Waals surface area contributed by atoms with Crippen LogP contribution < -0.4 is 0 Å². The van der Waals surface area contributed by atoms with Crippen LogP contribution in [0.1, 0.15) is 58.8 Å². The molecule has 0 heterocycles. The minimum atomic E-state index is -0.620. The fraction of sp³-hybridized carbons (Fsp3) is 0.923. The van der Waals surface area contributed by atoms with E-state index in [1.54, 1.807) is 0 Å². The molecule has 1 fully saturated rings.